The van der Waals surface area contributed by atoms with E-state index in [-0.39, 0.29) is 0 Å². The van der Waals surface area contributed by atoms with Gasteiger partial charge in [-0.25, -0.2) is 4.21 Å². The molecule has 0 fully saturated rings. The van der Waals surface area contributed by atoms with E-state index in [2.05, 4.69) is 0 Å². The number of rotatable bonds is 6. The Hall–Kier alpha value is -2.20. The number of carboxylic acids is 1. The highest BCUT2D eigenvalue weighted by Crippen LogP contribution is 2.14. The normalized spacial score (nSPS) is 11.6. The first-order valence-electron chi connectivity index (χ1n) is 6.67. The summed E-state index contributed by atoms with van der Waals surface area (Å²) in [4.78, 5) is 12.0. The van der Waals surface area contributed by atoms with Crippen LogP contribution in [-0.2, 0) is 28.9 Å². The largest absolute Gasteiger partial charge is 0.481 e. The van der Waals surface area contributed by atoms with Crippen molar-refractivity contribution in [3.63, 3.8) is 0 Å². The highest BCUT2D eigenvalue weighted by atomic mass is 32.1. The van der Waals surface area contributed by atoms with E-state index < -0.39 is 11.9 Å². The van der Waals surface area contributed by atoms with Crippen molar-refractivity contribution in [2.24, 2.45) is 5.92 Å². The zero-order valence-corrected chi connectivity index (χ0v) is 12.3. The lowest BCUT2D eigenvalue weighted by atomic mass is 9.93. The Kier molecular flexibility index (Phi) is 5.46. The summed E-state index contributed by atoms with van der Waals surface area (Å²) in [5, 5.41) is 9.44. The molecule has 0 amide bonds. The molecule has 0 aliphatic carbocycles. The van der Waals surface area contributed by atoms with Gasteiger partial charge in [0.05, 0.1) is 17.2 Å². The molecule has 3 nitrogen and oxygen atoms in total. The van der Waals surface area contributed by atoms with Crippen LogP contribution in [0.2, 0.25) is 0 Å². The van der Waals surface area contributed by atoms with E-state index in [4.69, 9.17) is 0 Å². The molecule has 0 aliphatic heterocycles. The molecular formula is C17H16O3S. The molecule has 0 saturated heterocycles. The monoisotopic (exact) mass is 300 g/mol. The standard InChI is InChI=1S/C17H16O3S/c18-17(19)15(11-13-7-3-1-4-8-13)16(21-20)12-14-9-5-2-6-10-14/h1-10,15H,11-12H2,(H,18,19). The number of hydrogen-bond donors (Lipinski definition) is 1. The van der Waals surface area contributed by atoms with E-state index in [0.717, 1.165) is 11.1 Å². The molecule has 1 unspecified atom stereocenters. The van der Waals surface area contributed by atoms with Crippen molar-refractivity contribution in [1.29, 1.82) is 0 Å². The molecule has 0 bridgehead atoms. The SMILES string of the molecule is O=S=C(Cc1ccccc1)C(Cc1ccccc1)C(=O)O. The van der Waals surface area contributed by atoms with Crippen LogP contribution in [0.3, 0.4) is 0 Å². The van der Waals surface area contributed by atoms with Crippen LogP contribution >= 0.6 is 0 Å². The molecule has 1 N–H and O–H groups in total. The van der Waals surface area contributed by atoms with Crippen LogP contribution < -0.4 is 0 Å². The number of benzene rings is 2. The minimum atomic E-state index is -0.951. The van der Waals surface area contributed by atoms with Gasteiger partial charge >= 0.3 is 5.97 Å². The van der Waals surface area contributed by atoms with Crippen LogP contribution in [0.1, 0.15) is 11.1 Å². The Morgan fingerprint density at radius 1 is 0.952 bits per heavy atom. The third-order valence-electron chi connectivity index (χ3n) is 3.30. The van der Waals surface area contributed by atoms with Crippen molar-refractivity contribution in [3.8, 4) is 0 Å². The summed E-state index contributed by atoms with van der Waals surface area (Å²) in [7, 11) is 0. The summed E-state index contributed by atoms with van der Waals surface area (Å²) in [6, 6.07) is 18.9. The van der Waals surface area contributed by atoms with Gasteiger partial charge in [0.1, 0.15) is 0 Å². The second-order valence-electron chi connectivity index (χ2n) is 4.79. The lowest BCUT2D eigenvalue weighted by Gasteiger charge is -2.13. The van der Waals surface area contributed by atoms with Crippen LogP contribution in [0.4, 0.5) is 0 Å². The van der Waals surface area contributed by atoms with E-state index in [9.17, 15) is 14.1 Å². The maximum Gasteiger partial charge on any atom is 0.311 e. The highest BCUT2D eigenvalue weighted by molar-refractivity contribution is 7.66. The summed E-state index contributed by atoms with van der Waals surface area (Å²) in [5.41, 5.74) is 1.87. The second-order valence-corrected chi connectivity index (χ2v) is 5.48. The molecule has 2 aromatic carbocycles. The Balaban J connectivity index is 2.20. The fourth-order valence-corrected chi connectivity index (χ4v) is 2.72. The van der Waals surface area contributed by atoms with Gasteiger partial charge in [0, 0.05) is 11.3 Å². The van der Waals surface area contributed by atoms with Gasteiger partial charge in [0.25, 0.3) is 0 Å². The average molecular weight is 300 g/mol. The van der Waals surface area contributed by atoms with Gasteiger partial charge in [-0.15, -0.1) is 0 Å². The molecular weight excluding hydrogens is 284 g/mol. The molecule has 2 rings (SSSR count). The zero-order valence-electron chi connectivity index (χ0n) is 11.4. The Morgan fingerprint density at radius 3 is 1.95 bits per heavy atom. The molecule has 108 valence electrons. The fraction of sp³-hybridized carbons (Fsp3) is 0.176. The van der Waals surface area contributed by atoms with Gasteiger partial charge < -0.3 is 5.11 Å². The number of carbonyl (C=O) groups is 1. The van der Waals surface area contributed by atoms with Crippen molar-refractivity contribution in [3.05, 3.63) is 71.8 Å². The minimum absolute atomic E-state index is 0.306. The summed E-state index contributed by atoms with van der Waals surface area (Å²) < 4.78 is 11.4. The van der Waals surface area contributed by atoms with Gasteiger partial charge in [-0.2, -0.15) is 0 Å². The predicted octanol–water partition coefficient (Wildman–Crippen LogP) is 2.56. The van der Waals surface area contributed by atoms with Crippen molar-refractivity contribution in [1.82, 2.24) is 0 Å². The summed E-state index contributed by atoms with van der Waals surface area (Å²) in [6.07, 6.45) is 0.729. The van der Waals surface area contributed by atoms with E-state index in [0.29, 0.717) is 29.0 Å². The molecule has 0 aliphatic rings. The average Bonchev–Trinajstić information content (AvgIpc) is 2.52. The predicted molar refractivity (Wildman–Crippen MR) is 84.6 cm³/mol. The first-order valence-corrected chi connectivity index (χ1v) is 7.41. The Bertz CT molecular complexity index is 646. The molecule has 0 aromatic heterocycles. The third kappa shape index (κ3) is 4.39. The summed E-state index contributed by atoms with van der Waals surface area (Å²) >= 11 is 0.306. The lowest BCUT2D eigenvalue weighted by molar-refractivity contribution is -0.139. The van der Waals surface area contributed by atoms with Gasteiger partial charge in [-0.05, 0) is 17.5 Å². The maximum absolute atomic E-state index is 11.5. The maximum atomic E-state index is 11.5. The van der Waals surface area contributed by atoms with Crippen molar-refractivity contribution in [2.75, 3.05) is 0 Å². The topological polar surface area (TPSA) is 54.4 Å². The van der Waals surface area contributed by atoms with E-state index in [1.165, 1.54) is 0 Å². The van der Waals surface area contributed by atoms with Crippen LogP contribution in [0, 0.1) is 5.92 Å². The van der Waals surface area contributed by atoms with Crippen LogP contribution in [0.15, 0.2) is 60.7 Å². The van der Waals surface area contributed by atoms with Crippen molar-refractivity contribution < 1.29 is 14.1 Å². The number of carboxylic acid groups (broad SMARTS) is 1. The van der Waals surface area contributed by atoms with E-state index in [1.807, 2.05) is 60.7 Å². The number of hydrogen-bond acceptors (Lipinski definition) is 2. The van der Waals surface area contributed by atoms with Crippen molar-refractivity contribution >= 4 is 22.1 Å². The third-order valence-corrected chi connectivity index (χ3v) is 3.94. The number of aliphatic carboxylic acids is 1. The molecule has 2 aromatic rings. The fourth-order valence-electron chi connectivity index (χ4n) is 2.20. The first kappa shape index (κ1) is 15.2. The summed E-state index contributed by atoms with van der Waals surface area (Å²) in [6.45, 7) is 0. The van der Waals surface area contributed by atoms with Crippen LogP contribution in [0.25, 0.3) is 0 Å². The van der Waals surface area contributed by atoms with Gasteiger partial charge in [-0.1, -0.05) is 60.7 Å². The van der Waals surface area contributed by atoms with Gasteiger partial charge in [0.2, 0.25) is 0 Å². The quantitative estimate of drug-likeness (QED) is 0.834. The molecule has 0 heterocycles. The smallest absolute Gasteiger partial charge is 0.311 e. The van der Waals surface area contributed by atoms with E-state index >= 15 is 0 Å². The van der Waals surface area contributed by atoms with E-state index in [1.54, 1.807) is 0 Å². The van der Waals surface area contributed by atoms with Gasteiger partial charge in [0.15, 0.2) is 0 Å². The molecule has 0 saturated carbocycles. The lowest BCUT2D eigenvalue weighted by Crippen LogP contribution is -2.27. The summed E-state index contributed by atoms with van der Waals surface area (Å²) in [5.74, 6) is -1.72. The molecule has 0 spiro atoms. The van der Waals surface area contributed by atoms with Gasteiger partial charge in [-0.3, -0.25) is 4.79 Å². The first-order chi connectivity index (χ1) is 10.2. The zero-order chi connectivity index (χ0) is 15.1. The molecule has 0 radical (unpaired) electrons. The Labute approximate surface area is 127 Å². The highest BCUT2D eigenvalue weighted by Gasteiger charge is 2.24. The molecule has 1 atom stereocenters. The van der Waals surface area contributed by atoms with Crippen LogP contribution in [0.5, 0.6) is 0 Å². The van der Waals surface area contributed by atoms with Crippen molar-refractivity contribution in [2.45, 2.75) is 12.8 Å². The molecule has 21 heavy (non-hydrogen) atoms. The second kappa shape index (κ2) is 7.55. The Morgan fingerprint density at radius 2 is 1.48 bits per heavy atom. The minimum Gasteiger partial charge on any atom is -0.481 e. The van der Waals surface area contributed by atoms with Crippen LogP contribution in [-0.4, -0.2) is 20.1 Å². The molecule has 4 heteroatoms.